The first-order valence-corrected chi connectivity index (χ1v) is 6.27. The van der Waals surface area contributed by atoms with E-state index in [0.717, 1.165) is 12.1 Å². The monoisotopic (exact) mass is 306 g/mol. The molecule has 0 spiro atoms. The summed E-state index contributed by atoms with van der Waals surface area (Å²) in [6.45, 7) is 4.65. The Morgan fingerprint density at radius 2 is 2.05 bits per heavy atom. The fourth-order valence-electron chi connectivity index (χ4n) is 1.46. The summed E-state index contributed by atoms with van der Waals surface area (Å²) in [4.78, 5) is 11.8. The number of benzene rings is 1. The van der Waals surface area contributed by atoms with Crippen molar-refractivity contribution in [1.82, 2.24) is 10.6 Å². The summed E-state index contributed by atoms with van der Waals surface area (Å²) in [7, 11) is 1.66. The minimum Gasteiger partial charge on any atom is -0.383 e. The highest BCUT2D eigenvalue weighted by molar-refractivity contribution is 6.33. The Bertz CT molecular complexity index is 400. The molecule has 0 aliphatic carbocycles. The minimum absolute atomic E-state index is 0. The van der Waals surface area contributed by atoms with Gasteiger partial charge in [-0.05, 0) is 24.6 Å². The number of nitrogens with one attached hydrogen (secondary N) is 2. The predicted molar refractivity (Wildman–Crippen MR) is 80.5 cm³/mol. The average molecular weight is 307 g/mol. The zero-order valence-corrected chi connectivity index (χ0v) is 12.7. The number of carbonyl (C=O) groups is 1. The van der Waals surface area contributed by atoms with Crippen LogP contribution in [0.4, 0.5) is 0 Å². The third kappa shape index (κ3) is 6.78. The van der Waals surface area contributed by atoms with Crippen LogP contribution < -0.4 is 10.6 Å². The van der Waals surface area contributed by atoms with E-state index in [1.807, 2.05) is 13.0 Å². The molecular formula is C13H20Cl2N2O2. The summed E-state index contributed by atoms with van der Waals surface area (Å²) in [5.41, 5.74) is 1.55. The van der Waals surface area contributed by atoms with Gasteiger partial charge in [0, 0.05) is 26.7 Å². The van der Waals surface area contributed by atoms with Gasteiger partial charge in [-0.15, -0.1) is 12.4 Å². The maximum atomic E-state index is 11.8. The predicted octanol–water partition coefficient (Wildman–Crippen LogP) is 2.04. The lowest BCUT2D eigenvalue weighted by Crippen LogP contribution is -2.33. The van der Waals surface area contributed by atoms with E-state index in [2.05, 4.69) is 10.6 Å². The van der Waals surface area contributed by atoms with E-state index in [1.54, 1.807) is 19.2 Å². The number of hydrogen-bond donors (Lipinski definition) is 2. The van der Waals surface area contributed by atoms with Gasteiger partial charge in [-0.2, -0.15) is 0 Å². The van der Waals surface area contributed by atoms with Crippen LogP contribution in [-0.2, 0) is 4.74 Å². The Morgan fingerprint density at radius 1 is 1.32 bits per heavy atom. The maximum Gasteiger partial charge on any atom is 0.252 e. The standard InChI is InChI=1S/C13H19ClN2O2.ClH/c1-10-3-4-11(12(14)9-10)13(17)16-6-5-15-7-8-18-2;/h3-4,9,15H,5-8H2,1-2H3,(H,16,17);1H. The largest absolute Gasteiger partial charge is 0.383 e. The van der Waals surface area contributed by atoms with Gasteiger partial charge in [0.25, 0.3) is 5.91 Å². The molecular weight excluding hydrogens is 287 g/mol. The Labute approximate surface area is 125 Å². The molecule has 108 valence electrons. The number of aryl methyl sites for hydroxylation is 1. The van der Waals surface area contributed by atoms with Crippen molar-refractivity contribution in [2.75, 3.05) is 33.4 Å². The summed E-state index contributed by atoms with van der Waals surface area (Å²) in [5.74, 6) is -0.145. The number of halogens is 2. The summed E-state index contributed by atoms with van der Waals surface area (Å²) >= 11 is 6.01. The molecule has 1 aromatic carbocycles. The van der Waals surface area contributed by atoms with Crippen LogP contribution in [0.2, 0.25) is 5.02 Å². The Balaban J connectivity index is 0.00000324. The van der Waals surface area contributed by atoms with Crippen LogP contribution in [0.15, 0.2) is 18.2 Å². The molecule has 0 fully saturated rings. The van der Waals surface area contributed by atoms with Crippen LogP contribution in [0.5, 0.6) is 0 Å². The van der Waals surface area contributed by atoms with Gasteiger partial charge in [0.05, 0.1) is 17.2 Å². The number of hydrogen-bond acceptors (Lipinski definition) is 3. The molecule has 1 aromatic rings. The minimum atomic E-state index is -0.145. The molecule has 1 amide bonds. The lowest BCUT2D eigenvalue weighted by atomic mass is 10.1. The number of amides is 1. The first kappa shape index (κ1) is 18.2. The Hall–Kier alpha value is -0.810. The number of rotatable bonds is 7. The van der Waals surface area contributed by atoms with Crippen molar-refractivity contribution in [2.24, 2.45) is 0 Å². The van der Waals surface area contributed by atoms with Crippen molar-refractivity contribution < 1.29 is 9.53 Å². The third-order valence-corrected chi connectivity index (χ3v) is 2.75. The molecule has 6 heteroatoms. The number of methoxy groups -OCH3 is 1. The molecule has 0 aliphatic rings. The van der Waals surface area contributed by atoms with Gasteiger partial charge in [-0.1, -0.05) is 17.7 Å². The Kier molecular flexibility index (Phi) is 9.61. The second-order valence-corrected chi connectivity index (χ2v) is 4.39. The highest BCUT2D eigenvalue weighted by Crippen LogP contribution is 2.17. The van der Waals surface area contributed by atoms with Crippen LogP contribution >= 0.6 is 24.0 Å². The molecule has 0 aromatic heterocycles. The van der Waals surface area contributed by atoms with Crippen LogP contribution in [0, 0.1) is 6.92 Å². The quantitative estimate of drug-likeness (QED) is 0.758. The molecule has 1 rings (SSSR count). The Morgan fingerprint density at radius 3 is 2.68 bits per heavy atom. The molecule has 19 heavy (non-hydrogen) atoms. The number of ether oxygens (including phenoxy) is 1. The lowest BCUT2D eigenvalue weighted by Gasteiger charge is -2.08. The highest BCUT2D eigenvalue weighted by Gasteiger charge is 2.09. The molecule has 0 unspecified atom stereocenters. The van der Waals surface area contributed by atoms with E-state index >= 15 is 0 Å². The van der Waals surface area contributed by atoms with Crippen molar-refractivity contribution in [3.05, 3.63) is 34.3 Å². The van der Waals surface area contributed by atoms with Crippen molar-refractivity contribution in [3.8, 4) is 0 Å². The molecule has 0 saturated heterocycles. The second kappa shape index (κ2) is 10.0. The van der Waals surface area contributed by atoms with Gasteiger partial charge in [0.15, 0.2) is 0 Å². The van der Waals surface area contributed by atoms with Crippen LogP contribution in [0.25, 0.3) is 0 Å². The third-order valence-electron chi connectivity index (χ3n) is 2.44. The maximum absolute atomic E-state index is 11.8. The molecule has 0 aliphatic heterocycles. The van der Waals surface area contributed by atoms with E-state index in [4.69, 9.17) is 16.3 Å². The smallest absolute Gasteiger partial charge is 0.252 e. The van der Waals surface area contributed by atoms with Gasteiger partial charge in [0.1, 0.15) is 0 Å². The fraction of sp³-hybridized carbons (Fsp3) is 0.462. The van der Waals surface area contributed by atoms with Crippen molar-refractivity contribution >= 4 is 29.9 Å². The van der Waals surface area contributed by atoms with Gasteiger partial charge < -0.3 is 15.4 Å². The lowest BCUT2D eigenvalue weighted by molar-refractivity contribution is 0.0954. The van der Waals surface area contributed by atoms with E-state index in [1.165, 1.54) is 0 Å². The van der Waals surface area contributed by atoms with Gasteiger partial charge in [-0.25, -0.2) is 0 Å². The average Bonchev–Trinajstić information content (AvgIpc) is 2.33. The van der Waals surface area contributed by atoms with E-state index in [-0.39, 0.29) is 18.3 Å². The first-order chi connectivity index (χ1) is 8.65. The summed E-state index contributed by atoms with van der Waals surface area (Å²) in [6.07, 6.45) is 0. The molecule has 2 N–H and O–H groups in total. The molecule has 4 nitrogen and oxygen atoms in total. The van der Waals surface area contributed by atoms with E-state index in [0.29, 0.717) is 30.3 Å². The molecule has 0 atom stereocenters. The van der Waals surface area contributed by atoms with Crippen LogP contribution in [0.1, 0.15) is 15.9 Å². The van der Waals surface area contributed by atoms with Crippen molar-refractivity contribution in [2.45, 2.75) is 6.92 Å². The molecule has 0 saturated carbocycles. The zero-order chi connectivity index (χ0) is 13.4. The van der Waals surface area contributed by atoms with Crippen molar-refractivity contribution in [3.63, 3.8) is 0 Å². The number of carbonyl (C=O) groups excluding carboxylic acids is 1. The molecule has 0 radical (unpaired) electrons. The highest BCUT2D eigenvalue weighted by atomic mass is 35.5. The summed E-state index contributed by atoms with van der Waals surface area (Å²) in [6, 6.07) is 5.40. The van der Waals surface area contributed by atoms with Crippen LogP contribution in [0.3, 0.4) is 0 Å². The normalized spacial score (nSPS) is 9.84. The fourth-order valence-corrected chi connectivity index (χ4v) is 1.78. The van der Waals surface area contributed by atoms with Gasteiger partial charge in [-0.3, -0.25) is 4.79 Å². The molecule has 0 heterocycles. The van der Waals surface area contributed by atoms with Gasteiger partial charge in [0.2, 0.25) is 0 Å². The molecule has 0 bridgehead atoms. The van der Waals surface area contributed by atoms with Crippen LogP contribution in [-0.4, -0.2) is 39.3 Å². The second-order valence-electron chi connectivity index (χ2n) is 3.98. The summed E-state index contributed by atoms with van der Waals surface area (Å²) < 4.78 is 4.90. The first-order valence-electron chi connectivity index (χ1n) is 5.89. The van der Waals surface area contributed by atoms with Gasteiger partial charge >= 0.3 is 0 Å². The zero-order valence-electron chi connectivity index (χ0n) is 11.2. The topological polar surface area (TPSA) is 50.4 Å². The van der Waals surface area contributed by atoms with E-state index < -0.39 is 0 Å². The summed E-state index contributed by atoms with van der Waals surface area (Å²) in [5, 5.41) is 6.44. The van der Waals surface area contributed by atoms with Crippen molar-refractivity contribution in [1.29, 1.82) is 0 Å². The SMILES string of the molecule is COCCNCCNC(=O)c1ccc(C)cc1Cl.Cl. The van der Waals surface area contributed by atoms with E-state index in [9.17, 15) is 4.79 Å².